The molecular weight excluding hydrogens is 399 g/mol. The standard InChI is InChI=1S/C22H20F3NO4/c1-28-18-8-9-20(29-2)16(12-18)13-26(14-19-7-4-10-30-19)21(27)15-5-3-6-17(11-15)22(23,24)25/h3-12H,13-14H2,1-2H3. The topological polar surface area (TPSA) is 51.9 Å². The fourth-order valence-electron chi connectivity index (χ4n) is 3.01. The van der Waals surface area contributed by atoms with Crippen LogP contribution in [0.15, 0.2) is 65.3 Å². The number of carbonyl (C=O) groups excluding carboxylic acids is 1. The van der Waals surface area contributed by atoms with Gasteiger partial charge in [0, 0.05) is 11.1 Å². The number of benzene rings is 2. The molecule has 0 bridgehead atoms. The van der Waals surface area contributed by atoms with Gasteiger partial charge in [-0.15, -0.1) is 0 Å². The summed E-state index contributed by atoms with van der Waals surface area (Å²) in [6.07, 6.45) is -3.08. The first-order valence-corrected chi connectivity index (χ1v) is 9.01. The molecule has 0 atom stereocenters. The first kappa shape index (κ1) is 21.3. The molecule has 0 aliphatic rings. The van der Waals surface area contributed by atoms with Crippen molar-refractivity contribution in [3.63, 3.8) is 0 Å². The number of rotatable bonds is 7. The highest BCUT2D eigenvalue weighted by Crippen LogP contribution is 2.31. The molecule has 3 aromatic rings. The van der Waals surface area contributed by atoms with Gasteiger partial charge < -0.3 is 18.8 Å². The second-order valence-corrected chi connectivity index (χ2v) is 6.50. The minimum Gasteiger partial charge on any atom is -0.497 e. The maximum atomic E-state index is 13.2. The molecule has 30 heavy (non-hydrogen) atoms. The van der Waals surface area contributed by atoms with E-state index in [0.717, 1.165) is 12.1 Å². The van der Waals surface area contributed by atoms with E-state index >= 15 is 0 Å². The second-order valence-electron chi connectivity index (χ2n) is 6.50. The number of halogens is 3. The molecule has 0 fully saturated rings. The Balaban J connectivity index is 1.96. The van der Waals surface area contributed by atoms with E-state index < -0.39 is 17.6 Å². The summed E-state index contributed by atoms with van der Waals surface area (Å²) in [4.78, 5) is 14.5. The number of methoxy groups -OCH3 is 2. The minimum absolute atomic E-state index is 0.0711. The van der Waals surface area contributed by atoms with E-state index in [-0.39, 0.29) is 18.7 Å². The van der Waals surface area contributed by atoms with Crippen molar-refractivity contribution in [1.29, 1.82) is 0 Å². The summed E-state index contributed by atoms with van der Waals surface area (Å²) in [6.45, 7) is 0.151. The predicted molar refractivity (Wildman–Crippen MR) is 103 cm³/mol. The first-order valence-electron chi connectivity index (χ1n) is 9.01. The molecule has 2 aromatic carbocycles. The highest BCUT2D eigenvalue weighted by molar-refractivity contribution is 5.94. The van der Waals surface area contributed by atoms with Gasteiger partial charge >= 0.3 is 6.18 Å². The zero-order valence-corrected chi connectivity index (χ0v) is 16.4. The SMILES string of the molecule is COc1ccc(OC)c(CN(Cc2ccco2)C(=O)c2cccc(C(F)(F)F)c2)c1. The molecule has 0 spiro atoms. The Morgan fingerprint density at radius 3 is 2.43 bits per heavy atom. The van der Waals surface area contributed by atoms with Crippen LogP contribution < -0.4 is 9.47 Å². The average molecular weight is 419 g/mol. The van der Waals surface area contributed by atoms with Crippen molar-refractivity contribution >= 4 is 5.91 Å². The minimum atomic E-state index is -4.54. The largest absolute Gasteiger partial charge is 0.497 e. The van der Waals surface area contributed by atoms with E-state index in [9.17, 15) is 18.0 Å². The van der Waals surface area contributed by atoms with Crippen LogP contribution in [0.2, 0.25) is 0 Å². The van der Waals surface area contributed by atoms with Crippen molar-refractivity contribution in [1.82, 2.24) is 4.90 Å². The highest BCUT2D eigenvalue weighted by Gasteiger charge is 2.31. The lowest BCUT2D eigenvalue weighted by atomic mass is 10.1. The van der Waals surface area contributed by atoms with Gasteiger partial charge in [-0.3, -0.25) is 4.79 Å². The van der Waals surface area contributed by atoms with E-state index in [1.807, 2.05) is 0 Å². The van der Waals surface area contributed by atoms with Gasteiger partial charge in [-0.1, -0.05) is 6.07 Å². The van der Waals surface area contributed by atoms with Crippen LogP contribution in [0.3, 0.4) is 0 Å². The highest BCUT2D eigenvalue weighted by atomic mass is 19.4. The summed E-state index contributed by atoms with van der Waals surface area (Å²) in [5.41, 5.74) is -0.313. The molecule has 0 saturated heterocycles. The van der Waals surface area contributed by atoms with Gasteiger partial charge in [0.25, 0.3) is 5.91 Å². The van der Waals surface area contributed by atoms with Crippen LogP contribution in [-0.4, -0.2) is 25.0 Å². The van der Waals surface area contributed by atoms with Gasteiger partial charge in [-0.25, -0.2) is 0 Å². The van der Waals surface area contributed by atoms with Gasteiger partial charge in [-0.05, 0) is 48.5 Å². The summed E-state index contributed by atoms with van der Waals surface area (Å²) in [5, 5.41) is 0. The van der Waals surface area contributed by atoms with Gasteiger partial charge in [0.05, 0.1) is 39.1 Å². The number of hydrogen-bond acceptors (Lipinski definition) is 4. The third-order valence-electron chi connectivity index (χ3n) is 4.50. The van der Waals surface area contributed by atoms with Crippen LogP contribution in [0.4, 0.5) is 13.2 Å². The predicted octanol–water partition coefficient (Wildman–Crippen LogP) is 5.16. The van der Waals surface area contributed by atoms with Gasteiger partial charge in [0.15, 0.2) is 0 Å². The Labute approximate surface area is 171 Å². The number of ether oxygens (including phenoxy) is 2. The lowest BCUT2D eigenvalue weighted by Gasteiger charge is -2.23. The van der Waals surface area contributed by atoms with Crippen LogP contribution in [-0.2, 0) is 19.3 Å². The number of carbonyl (C=O) groups is 1. The number of furan rings is 1. The van der Waals surface area contributed by atoms with Crippen LogP contribution in [0, 0.1) is 0 Å². The lowest BCUT2D eigenvalue weighted by molar-refractivity contribution is -0.137. The van der Waals surface area contributed by atoms with E-state index in [0.29, 0.717) is 22.8 Å². The maximum Gasteiger partial charge on any atom is 0.416 e. The molecule has 0 aliphatic heterocycles. The zero-order chi connectivity index (χ0) is 21.7. The second kappa shape index (κ2) is 8.94. The Morgan fingerprint density at radius 2 is 1.80 bits per heavy atom. The van der Waals surface area contributed by atoms with Gasteiger partial charge in [-0.2, -0.15) is 13.2 Å². The normalized spacial score (nSPS) is 11.2. The molecule has 0 aliphatic carbocycles. The molecule has 1 aromatic heterocycles. The van der Waals surface area contributed by atoms with E-state index in [1.165, 1.54) is 37.5 Å². The summed E-state index contributed by atoms with van der Waals surface area (Å²) in [5.74, 6) is 1.02. The molecule has 0 radical (unpaired) electrons. The molecule has 0 unspecified atom stereocenters. The molecule has 158 valence electrons. The maximum absolute atomic E-state index is 13.2. The monoisotopic (exact) mass is 419 g/mol. The summed E-state index contributed by atoms with van der Waals surface area (Å²) in [6, 6.07) is 12.8. The van der Waals surface area contributed by atoms with Crippen LogP contribution in [0.5, 0.6) is 11.5 Å². The third kappa shape index (κ3) is 4.94. The van der Waals surface area contributed by atoms with Gasteiger partial charge in [0.2, 0.25) is 0 Å². The summed E-state index contributed by atoms with van der Waals surface area (Å²) < 4.78 is 55.2. The Hall–Kier alpha value is -3.42. The Bertz CT molecular complexity index is 1000. The van der Waals surface area contributed by atoms with Crippen molar-refractivity contribution < 1.29 is 31.9 Å². The van der Waals surface area contributed by atoms with Crippen LogP contribution in [0.1, 0.15) is 27.2 Å². The molecule has 3 rings (SSSR count). The zero-order valence-electron chi connectivity index (χ0n) is 16.4. The van der Waals surface area contributed by atoms with Crippen molar-refractivity contribution in [2.75, 3.05) is 14.2 Å². The summed E-state index contributed by atoms with van der Waals surface area (Å²) in [7, 11) is 3.01. The lowest BCUT2D eigenvalue weighted by Crippen LogP contribution is -2.30. The molecule has 1 heterocycles. The van der Waals surface area contributed by atoms with Crippen molar-refractivity contribution in [2.45, 2.75) is 19.3 Å². The van der Waals surface area contributed by atoms with Crippen molar-refractivity contribution in [3.8, 4) is 11.5 Å². The van der Waals surface area contributed by atoms with Crippen LogP contribution >= 0.6 is 0 Å². The smallest absolute Gasteiger partial charge is 0.416 e. The van der Waals surface area contributed by atoms with Crippen molar-refractivity contribution in [3.05, 3.63) is 83.3 Å². The van der Waals surface area contributed by atoms with E-state index in [4.69, 9.17) is 13.9 Å². The fraction of sp³-hybridized carbons (Fsp3) is 0.227. The summed E-state index contributed by atoms with van der Waals surface area (Å²) >= 11 is 0. The number of hydrogen-bond donors (Lipinski definition) is 0. The van der Waals surface area contributed by atoms with Crippen molar-refractivity contribution in [2.24, 2.45) is 0 Å². The van der Waals surface area contributed by atoms with Crippen LogP contribution in [0.25, 0.3) is 0 Å². The molecule has 8 heteroatoms. The number of amides is 1. The Morgan fingerprint density at radius 1 is 1.00 bits per heavy atom. The molecule has 1 amide bonds. The van der Waals surface area contributed by atoms with Gasteiger partial charge in [0.1, 0.15) is 17.3 Å². The van der Waals surface area contributed by atoms with E-state index in [2.05, 4.69) is 0 Å². The fourth-order valence-corrected chi connectivity index (χ4v) is 3.01. The first-order chi connectivity index (χ1) is 14.3. The Kier molecular flexibility index (Phi) is 6.34. The third-order valence-corrected chi connectivity index (χ3v) is 4.50. The molecule has 5 nitrogen and oxygen atoms in total. The van der Waals surface area contributed by atoms with E-state index in [1.54, 1.807) is 30.3 Å². The molecule has 0 N–H and O–H groups in total. The molecular formula is C22H20F3NO4. The number of nitrogens with zero attached hydrogens (tertiary/aromatic N) is 1. The average Bonchev–Trinajstić information content (AvgIpc) is 3.25. The number of alkyl halides is 3. The quantitative estimate of drug-likeness (QED) is 0.531. The molecule has 0 saturated carbocycles.